The van der Waals surface area contributed by atoms with Gasteiger partial charge in [0.1, 0.15) is 23.4 Å². The highest BCUT2D eigenvalue weighted by Gasteiger charge is 2.42. The number of benzene rings is 2. The molecule has 2 N–H and O–H groups in total. The van der Waals surface area contributed by atoms with E-state index in [1.165, 1.54) is 19.1 Å². The lowest BCUT2D eigenvalue weighted by Crippen LogP contribution is -2.29. The number of rotatable bonds is 5. The van der Waals surface area contributed by atoms with Crippen molar-refractivity contribution >= 4 is 34.6 Å². The number of carbonyl (C=O) groups is 1. The molecular formula is C26H21FN4O2S. The SMILES string of the molecule is CC(=O)Nc1ccc(N2C(=S)N[C@@H](c3ccccn3)[C@H]2c2ccc(-c3ccc(F)cc3)o2)cc1. The Morgan fingerprint density at radius 3 is 2.50 bits per heavy atom. The Morgan fingerprint density at radius 2 is 1.82 bits per heavy atom. The first-order valence-electron chi connectivity index (χ1n) is 10.7. The molecular weight excluding hydrogens is 451 g/mol. The minimum Gasteiger partial charge on any atom is -0.459 e. The summed E-state index contributed by atoms with van der Waals surface area (Å²) in [6.07, 6.45) is 1.74. The second-order valence-corrected chi connectivity index (χ2v) is 8.32. The van der Waals surface area contributed by atoms with E-state index >= 15 is 0 Å². The van der Waals surface area contributed by atoms with Gasteiger partial charge in [0.2, 0.25) is 5.91 Å². The molecule has 34 heavy (non-hydrogen) atoms. The number of nitrogens with zero attached hydrogens (tertiary/aromatic N) is 2. The van der Waals surface area contributed by atoms with Gasteiger partial charge >= 0.3 is 0 Å². The van der Waals surface area contributed by atoms with E-state index in [9.17, 15) is 9.18 Å². The molecule has 8 heteroatoms. The predicted molar refractivity (Wildman–Crippen MR) is 133 cm³/mol. The maximum Gasteiger partial charge on any atom is 0.221 e. The van der Waals surface area contributed by atoms with Crippen LogP contribution < -0.4 is 15.5 Å². The molecule has 0 aliphatic carbocycles. The highest BCUT2D eigenvalue weighted by molar-refractivity contribution is 7.80. The zero-order valence-electron chi connectivity index (χ0n) is 18.2. The Bertz CT molecular complexity index is 1320. The van der Waals surface area contributed by atoms with Gasteiger partial charge in [-0.3, -0.25) is 9.78 Å². The summed E-state index contributed by atoms with van der Waals surface area (Å²) in [7, 11) is 0. The molecule has 1 amide bonds. The van der Waals surface area contributed by atoms with Crippen LogP contribution in [0.25, 0.3) is 11.3 Å². The Labute approximate surface area is 201 Å². The number of halogens is 1. The van der Waals surface area contributed by atoms with Crippen LogP contribution in [0, 0.1) is 5.82 Å². The van der Waals surface area contributed by atoms with Gasteiger partial charge in [-0.25, -0.2) is 4.39 Å². The molecule has 0 saturated carbocycles. The van der Waals surface area contributed by atoms with Crippen LogP contribution in [-0.4, -0.2) is 16.0 Å². The van der Waals surface area contributed by atoms with Crippen LogP contribution in [0.5, 0.6) is 0 Å². The first-order chi connectivity index (χ1) is 16.5. The molecule has 2 atom stereocenters. The molecule has 6 nitrogen and oxygen atoms in total. The number of hydrogen-bond acceptors (Lipinski definition) is 4. The average molecular weight is 473 g/mol. The summed E-state index contributed by atoms with van der Waals surface area (Å²) < 4.78 is 19.7. The van der Waals surface area contributed by atoms with Crippen molar-refractivity contribution in [1.29, 1.82) is 0 Å². The molecule has 0 bridgehead atoms. The topological polar surface area (TPSA) is 70.4 Å². The predicted octanol–water partition coefficient (Wildman–Crippen LogP) is 5.62. The number of thiocarbonyl (C=S) groups is 1. The summed E-state index contributed by atoms with van der Waals surface area (Å²) in [5.74, 6) is 0.884. The maximum atomic E-state index is 13.4. The first-order valence-corrected chi connectivity index (χ1v) is 11.1. The molecule has 1 aliphatic rings. The number of hydrogen-bond donors (Lipinski definition) is 2. The smallest absolute Gasteiger partial charge is 0.221 e. The lowest BCUT2D eigenvalue weighted by Gasteiger charge is -2.26. The van der Waals surface area contributed by atoms with E-state index in [0.717, 1.165) is 16.9 Å². The Hall–Kier alpha value is -4.04. The molecule has 2 aromatic carbocycles. The van der Waals surface area contributed by atoms with Gasteiger partial charge in [0, 0.05) is 30.1 Å². The van der Waals surface area contributed by atoms with Gasteiger partial charge < -0.3 is 20.0 Å². The number of carbonyl (C=O) groups excluding carboxylic acids is 1. The highest BCUT2D eigenvalue weighted by Crippen LogP contribution is 2.43. The monoisotopic (exact) mass is 472 g/mol. The first kappa shape index (κ1) is 21.8. The minimum absolute atomic E-state index is 0.136. The largest absolute Gasteiger partial charge is 0.459 e. The molecule has 0 radical (unpaired) electrons. The number of furan rings is 1. The second kappa shape index (κ2) is 9.07. The van der Waals surface area contributed by atoms with Crippen LogP contribution in [0.2, 0.25) is 0 Å². The maximum absolute atomic E-state index is 13.4. The fraction of sp³-hybridized carbons (Fsp3) is 0.115. The molecule has 2 aromatic heterocycles. The van der Waals surface area contributed by atoms with Crippen molar-refractivity contribution in [3.05, 3.63) is 102 Å². The molecule has 3 heterocycles. The summed E-state index contributed by atoms with van der Waals surface area (Å²) in [5, 5.41) is 6.70. The average Bonchev–Trinajstić information content (AvgIpc) is 3.45. The zero-order chi connectivity index (χ0) is 23.7. The fourth-order valence-corrected chi connectivity index (χ4v) is 4.46. The lowest BCUT2D eigenvalue weighted by molar-refractivity contribution is -0.114. The van der Waals surface area contributed by atoms with E-state index < -0.39 is 0 Å². The third kappa shape index (κ3) is 4.27. The van der Waals surface area contributed by atoms with Crippen LogP contribution >= 0.6 is 12.2 Å². The van der Waals surface area contributed by atoms with Crippen molar-refractivity contribution in [3.8, 4) is 11.3 Å². The summed E-state index contributed by atoms with van der Waals surface area (Å²) in [5.41, 5.74) is 3.15. The number of anilines is 2. The molecule has 0 unspecified atom stereocenters. The van der Waals surface area contributed by atoms with E-state index in [4.69, 9.17) is 16.6 Å². The summed E-state index contributed by atoms with van der Waals surface area (Å²) in [6.45, 7) is 1.47. The number of aromatic nitrogens is 1. The standard InChI is InChI=1S/C26H21FN4O2S/c1-16(32)29-19-9-11-20(12-10-19)31-25(24(30-26(31)34)21-4-2-3-15-28-21)23-14-13-22(33-23)17-5-7-18(27)8-6-17/h2-15,24-25H,1H3,(H,29,32)(H,30,34)/t24-,25+/m0/s1. The van der Waals surface area contributed by atoms with Crippen LogP contribution in [-0.2, 0) is 4.79 Å². The zero-order valence-corrected chi connectivity index (χ0v) is 19.1. The molecule has 4 aromatic rings. The van der Waals surface area contributed by atoms with Gasteiger partial charge in [0.25, 0.3) is 0 Å². The Kier molecular flexibility index (Phi) is 5.81. The molecule has 1 saturated heterocycles. The molecule has 170 valence electrons. The number of pyridine rings is 1. The fourth-order valence-electron chi connectivity index (χ4n) is 4.11. The van der Waals surface area contributed by atoms with E-state index in [1.54, 1.807) is 18.3 Å². The third-order valence-corrected chi connectivity index (χ3v) is 5.93. The van der Waals surface area contributed by atoms with Crippen LogP contribution in [0.15, 0.2) is 89.5 Å². The van der Waals surface area contributed by atoms with Crippen molar-refractivity contribution in [2.45, 2.75) is 19.0 Å². The van der Waals surface area contributed by atoms with Gasteiger partial charge in [0.15, 0.2) is 5.11 Å². The highest BCUT2D eigenvalue weighted by atomic mass is 32.1. The van der Waals surface area contributed by atoms with Gasteiger partial charge in [-0.15, -0.1) is 0 Å². The number of nitrogens with one attached hydrogen (secondary N) is 2. The molecule has 5 rings (SSSR count). The van der Waals surface area contributed by atoms with Gasteiger partial charge in [-0.2, -0.15) is 0 Å². The summed E-state index contributed by atoms with van der Waals surface area (Å²) >= 11 is 5.73. The van der Waals surface area contributed by atoms with Crippen LogP contribution in [0.1, 0.15) is 30.5 Å². The van der Waals surface area contributed by atoms with Gasteiger partial charge in [-0.05, 0) is 85.0 Å². The van der Waals surface area contributed by atoms with Crippen LogP contribution in [0.4, 0.5) is 15.8 Å². The van der Waals surface area contributed by atoms with Gasteiger partial charge in [-0.1, -0.05) is 6.07 Å². The van der Waals surface area contributed by atoms with Crippen molar-refractivity contribution in [3.63, 3.8) is 0 Å². The molecule has 1 fully saturated rings. The van der Waals surface area contributed by atoms with Crippen molar-refractivity contribution in [2.24, 2.45) is 0 Å². The molecule has 0 spiro atoms. The quantitative estimate of drug-likeness (QED) is 0.368. The Morgan fingerprint density at radius 1 is 1.06 bits per heavy atom. The van der Waals surface area contributed by atoms with E-state index in [1.807, 2.05) is 59.5 Å². The molecule has 1 aliphatic heterocycles. The minimum atomic E-state index is -0.316. The van der Waals surface area contributed by atoms with Crippen molar-refractivity contribution in [1.82, 2.24) is 10.3 Å². The lowest BCUT2D eigenvalue weighted by atomic mass is 10.0. The summed E-state index contributed by atoms with van der Waals surface area (Å²) in [4.78, 5) is 17.9. The van der Waals surface area contributed by atoms with Gasteiger partial charge in [0.05, 0.1) is 11.7 Å². The van der Waals surface area contributed by atoms with E-state index in [-0.39, 0.29) is 23.8 Å². The third-order valence-electron chi connectivity index (χ3n) is 5.61. The van der Waals surface area contributed by atoms with E-state index in [2.05, 4.69) is 15.6 Å². The van der Waals surface area contributed by atoms with E-state index in [0.29, 0.717) is 22.3 Å². The summed E-state index contributed by atoms with van der Waals surface area (Å²) in [6, 6.07) is 22.6. The van der Waals surface area contributed by atoms with Crippen LogP contribution in [0.3, 0.4) is 0 Å². The van der Waals surface area contributed by atoms with Crippen molar-refractivity contribution < 1.29 is 13.6 Å². The second-order valence-electron chi connectivity index (χ2n) is 7.93. The number of amides is 1. The Balaban J connectivity index is 1.55. The van der Waals surface area contributed by atoms with Crippen molar-refractivity contribution in [2.75, 3.05) is 10.2 Å². The normalized spacial score (nSPS) is 17.5.